The van der Waals surface area contributed by atoms with Gasteiger partial charge in [-0.15, -0.1) is 0 Å². The average molecular weight is 253 g/mol. The van der Waals surface area contributed by atoms with Gasteiger partial charge in [-0.25, -0.2) is 4.79 Å². The van der Waals surface area contributed by atoms with Gasteiger partial charge in [0.05, 0.1) is 6.61 Å². The Morgan fingerprint density at radius 2 is 2.44 bits per heavy atom. The lowest BCUT2D eigenvalue weighted by Gasteiger charge is -1.94. The van der Waals surface area contributed by atoms with Crippen molar-refractivity contribution in [3.05, 3.63) is 28.4 Å². The van der Waals surface area contributed by atoms with Gasteiger partial charge in [0.1, 0.15) is 6.26 Å². The molecule has 0 fully saturated rings. The van der Waals surface area contributed by atoms with Crippen LogP contribution < -0.4 is 0 Å². The third-order valence-electron chi connectivity index (χ3n) is 1.82. The highest BCUT2D eigenvalue weighted by molar-refractivity contribution is 5.86. The molecule has 10 nitrogen and oxygen atoms in total. The molecular weight excluding hydrogens is 246 g/mol. The van der Waals surface area contributed by atoms with Gasteiger partial charge in [-0.05, 0) is 11.8 Å². The van der Waals surface area contributed by atoms with Gasteiger partial charge in [-0.2, -0.15) is 4.98 Å². The Hall–Kier alpha value is -2.78. The summed E-state index contributed by atoms with van der Waals surface area (Å²) in [6.45, 7) is 1.86. The summed E-state index contributed by atoms with van der Waals surface area (Å²) >= 11 is 0. The molecule has 2 heterocycles. The van der Waals surface area contributed by atoms with Crippen molar-refractivity contribution in [1.82, 2.24) is 19.7 Å². The van der Waals surface area contributed by atoms with E-state index in [1.54, 1.807) is 6.92 Å². The minimum absolute atomic E-state index is 0.0509. The zero-order valence-corrected chi connectivity index (χ0v) is 9.14. The molecule has 0 N–H and O–H groups in total. The first-order chi connectivity index (χ1) is 8.61. The van der Waals surface area contributed by atoms with Crippen molar-refractivity contribution in [3.8, 4) is 6.01 Å². The highest BCUT2D eigenvalue weighted by atomic mass is 16.6. The van der Waals surface area contributed by atoms with Crippen molar-refractivity contribution >= 4 is 11.9 Å². The summed E-state index contributed by atoms with van der Waals surface area (Å²) in [7, 11) is 0. The molecule has 2 rings (SSSR count). The molecule has 0 bridgehead atoms. The maximum Gasteiger partial charge on any atom is 0.491 e. The number of rotatable bonds is 4. The zero-order valence-electron chi connectivity index (χ0n) is 9.14. The van der Waals surface area contributed by atoms with E-state index in [1.165, 1.54) is 0 Å². The second-order valence-electron chi connectivity index (χ2n) is 2.98. The van der Waals surface area contributed by atoms with E-state index >= 15 is 0 Å². The van der Waals surface area contributed by atoms with E-state index < -0.39 is 16.8 Å². The average Bonchev–Trinajstić information content (AvgIpc) is 2.98. The number of aromatic nitrogens is 4. The van der Waals surface area contributed by atoms with E-state index in [2.05, 4.69) is 15.1 Å². The molecule has 0 amide bonds. The lowest BCUT2D eigenvalue weighted by atomic mass is 10.5. The summed E-state index contributed by atoms with van der Waals surface area (Å²) in [5.41, 5.74) is -0.0509. The van der Waals surface area contributed by atoms with Gasteiger partial charge >= 0.3 is 17.9 Å². The molecule has 0 saturated carbocycles. The van der Waals surface area contributed by atoms with Gasteiger partial charge in [0.2, 0.25) is 6.33 Å². The highest BCUT2D eigenvalue weighted by Crippen LogP contribution is 2.09. The second-order valence-corrected chi connectivity index (χ2v) is 2.98. The molecule has 2 aromatic rings. The van der Waals surface area contributed by atoms with Crippen LogP contribution in [0.5, 0.6) is 0 Å². The summed E-state index contributed by atoms with van der Waals surface area (Å²) in [6.07, 6.45) is 2.12. The molecule has 0 aliphatic heterocycles. The Kier molecular flexibility index (Phi) is 3.00. The standard InChI is InChI=1S/C8H7N5O5/c1-2-17-6(14)5-3-18-8(10-5)12-4-9-7(11-12)13(15)16/h3-4H,2H2,1H3. The first-order valence-corrected chi connectivity index (χ1v) is 4.81. The van der Waals surface area contributed by atoms with Gasteiger partial charge in [-0.1, -0.05) is 9.67 Å². The number of nitro groups is 1. The highest BCUT2D eigenvalue weighted by Gasteiger charge is 2.20. The van der Waals surface area contributed by atoms with Gasteiger partial charge in [0.25, 0.3) is 0 Å². The number of nitrogens with zero attached hydrogens (tertiary/aromatic N) is 5. The van der Waals surface area contributed by atoms with Crippen molar-refractivity contribution in [1.29, 1.82) is 0 Å². The molecule has 18 heavy (non-hydrogen) atoms. The van der Waals surface area contributed by atoms with Crippen LogP contribution in [0.15, 0.2) is 17.0 Å². The first-order valence-electron chi connectivity index (χ1n) is 4.81. The monoisotopic (exact) mass is 253 g/mol. The lowest BCUT2D eigenvalue weighted by Crippen LogP contribution is -2.05. The lowest BCUT2D eigenvalue weighted by molar-refractivity contribution is -0.394. The van der Waals surface area contributed by atoms with Crippen molar-refractivity contribution in [2.75, 3.05) is 6.61 Å². The first kappa shape index (κ1) is 11.7. The molecule has 0 aliphatic carbocycles. The van der Waals surface area contributed by atoms with E-state index in [0.717, 1.165) is 17.3 Å². The third-order valence-corrected chi connectivity index (χ3v) is 1.82. The van der Waals surface area contributed by atoms with Crippen LogP contribution in [0.4, 0.5) is 5.95 Å². The molecule has 0 radical (unpaired) electrons. The molecule has 10 heteroatoms. The number of carbonyl (C=O) groups is 1. The largest absolute Gasteiger partial charge is 0.491 e. The third kappa shape index (κ3) is 2.16. The number of ether oxygens (including phenoxy) is 1. The minimum atomic E-state index is -0.758. The van der Waals surface area contributed by atoms with Crippen LogP contribution in [0.3, 0.4) is 0 Å². The fourth-order valence-electron chi connectivity index (χ4n) is 1.10. The van der Waals surface area contributed by atoms with Crippen LogP contribution in [-0.2, 0) is 4.74 Å². The molecule has 0 unspecified atom stereocenters. The predicted octanol–water partition coefficient (Wildman–Crippen LogP) is 0.340. The van der Waals surface area contributed by atoms with Crippen molar-refractivity contribution in [3.63, 3.8) is 0 Å². The SMILES string of the molecule is CCOC(=O)c1coc(-n2cnc([N+](=O)[O-])n2)n1. The van der Waals surface area contributed by atoms with E-state index in [4.69, 9.17) is 9.15 Å². The van der Waals surface area contributed by atoms with Gasteiger partial charge in [0, 0.05) is 5.10 Å². The number of carbonyl (C=O) groups excluding carboxylic acids is 1. The second kappa shape index (κ2) is 4.61. The molecule has 0 saturated heterocycles. The minimum Gasteiger partial charge on any atom is -0.461 e. The summed E-state index contributed by atoms with van der Waals surface area (Å²) in [5.74, 6) is -1.24. The molecule has 2 aromatic heterocycles. The Labute approximate surface area is 99.4 Å². The van der Waals surface area contributed by atoms with Gasteiger partial charge < -0.3 is 19.3 Å². The number of hydrogen-bond acceptors (Lipinski definition) is 8. The van der Waals surface area contributed by atoms with Crippen molar-refractivity contribution < 1.29 is 18.9 Å². The summed E-state index contributed by atoms with van der Waals surface area (Å²) in [6, 6.07) is -0.112. The van der Waals surface area contributed by atoms with E-state index in [0.29, 0.717) is 0 Å². The summed E-state index contributed by atoms with van der Waals surface area (Å²) in [4.78, 5) is 28.1. The number of esters is 1. The Balaban J connectivity index is 2.23. The quantitative estimate of drug-likeness (QED) is 0.433. The van der Waals surface area contributed by atoms with E-state index in [9.17, 15) is 14.9 Å². The summed E-state index contributed by atoms with van der Waals surface area (Å²) < 4.78 is 10.6. The number of hydrogen-bond donors (Lipinski definition) is 0. The Morgan fingerprint density at radius 1 is 1.67 bits per heavy atom. The number of oxazole rings is 1. The van der Waals surface area contributed by atoms with Gasteiger partial charge in [0.15, 0.2) is 5.69 Å². The van der Waals surface area contributed by atoms with Crippen LogP contribution in [0.1, 0.15) is 17.4 Å². The molecule has 0 atom stereocenters. The fraction of sp³-hybridized carbons (Fsp3) is 0.250. The fourth-order valence-corrected chi connectivity index (χ4v) is 1.10. The zero-order chi connectivity index (χ0) is 13.1. The van der Waals surface area contributed by atoms with Crippen LogP contribution >= 0.6 is 0 Å². The molecular formula is C8H7N5O5. The van der Waals surface area contributed by atoms with E-state index in [-0.39, 0.29) is 18.3 Å². The molecule has 94 valence electrons. The smallest absolute Gasteiger partial charge is 0.461 e. The van der Waals surface area contributed by atoms with Crippen LogP contribution in [0, 0.1) is 10.1 Å². The Morgan fingerprint density at radius 3 is 3.06 bits per heavy atom. The topological polar surface area (TPSA) is 126 Å². The van der Waals surface area contributed by atoms with E-state index in [1.807, 2.05) is 0 Å². The molecule has 0 aliphatic rings. The normalized spacial score (nSPS) is 10.3. The van der Waals surface area contributed by atoms with Gasteiger partial charge in [-0.3, -0.25) is 0 Å². The molecule has 0 spiro atoms. The van der Waals surface area contributed by atoms with Crippen molar-refractivity contribution in [2.24, 2.45) is 0 Å². The van der Waals surface area contributed by atoms with Crippen LogP contribution in [0.25, 0.3) is 6.01 Å². The maximum atomic E-state index is 11.3. The summed E-state index contributed by atoms with van der Waals surface area (Å²) in [5, 5.41) is 13.9. The Bertz CT molecular complexity index is 588. The molecule has 0 aromatic carbocycles. The van der Waals surface area contributed by atoms with Crippen LogP contribution in [0.2, 0.25) is 0 Å². The maximum absolute atomic E-state index is 11.3. The predicted molar refractivity (Wildman–Crippen MR) is 54.0 cm³/mol. The van der Waals surface area contributed by atoms with Crippen molar-refractivity contribution in [2.45, 2.75) is 6.92 Å². The van der Waals surface area contributed by atoms with Crippen LogP contribution in [-0.4, -0.2) is 37.2 Å².